The minimum atomic E-state index is -0.333. The third-order valence-electron chi connectivity index (χ3n) is 4.48. The van der Waals surface area contributed by atoms with Gasteiger partial charge < -0.3 is 9.64 Å². The van der Waals surface area contributed by atoms with Gasteiger partial charge in [-0.05, 0) is 30.4 Å². The quantitative estimate of drug-likeness (QED) is 0.860. The molecular formula is C19H23N3O3. The molecule has 6 heteroatoms. The molecule has 1 aliphatic heterocycles. The van der Waals surface area contributed by atoms with Gasteiger partial charge in [0.15, 0.2) is 11.4 Å². The summed E-state index contributed by atoms with van der Waals surface area (Å²) in [6.45, 7) is 5.67. The Labute approximate surface area is 147 Å². The molecule has 6 nitrogen and oxygen atoms in total. The van der Waals surface area contributed by atoms with E-state index in [4.69, 9.17) is 4.74 Å². The van der Waals surface area contributed by atoms with Gasteiger partial charge >= 0.3 is 0 Å². The van der Waals surface area contributed by atoms with E-state index in [-0.39, 0.29) is 22.9 Å². The highest BCUT2D eigenvalue weighted by atomic mass is 16.5. The number of benzene rings is 1. The van der Waals surface area contributed by atoms with Crippen LogP contribution in [0.4, 0.5) is 0 Å². The Kier molecular flexibility index (Phi) is 4.88. The smallest absolute Gasteiger partial charge is 0.278 e. The van der Waals surface area contributed by atoms with E-state index in [0.29, 0.717) is 30.6 Å². The Morgan fingerprint density at radius 2 is 1.80 bits per heavy atom. The zero-order valence-corrected chi connectivity index (χ0v) is 14.8. The van der Waals surface area contributed by atoms with E-state index in [1.165, 1.54) is 17.9 Å². The molecule has 1 aromatic heterocycles. The van der Waals surface area contributed by atoms with E-state index in [9.17, 15) is 9.59 Å². The Hall–Kier alpha value is -2.63. The van der Waals surface area contributed by atoms with Crippen molar-refractivity contribution in [1.29, 1.82) is 0 Å². The Morgan fingerprint density at radius 3 is 2.40 bits per heavy atom. The van der Waals surface area contributed by atoms with Gasteiger partial charge in [-0.3, -0.25) is 9.59 Å². The van der Waals surface area contributed by atoms with Gasteiger partial charge in [0.1, 0.15) is 0 Å². The molecule has 2 atom stereocenters. The van der Waals surface area contributed by atoms with E-state index >= 15 is 0 Å². The molecule has 1 amide bonds. The van der Waals surface area contributed by atoms with Crippen molar-refractivity contribution in [2.24, 2.45) is 11.8 Å². The van der Waals surface area contributed by atoms with Gasteiger partial charge in [0.05, 0.1) is 18.9 Å². The average molecular weight is 341 g/mol. The first kappa shape index (κ1) is 17.2. The van der Waals surface area contributed by atoms with Gasteiger partial charge in [0.25, 0.3) is 11.5 Å². The lowest BCUT2D eigenvalue weighted by Gasteiger charge is -2.34. The van der Waals surface area contributed by atoms with Crippen molar-refractivity contribution >= 4 is 5.91 Å². The molecule has 132 valence electrons. The second-order valence-corrected chi connectivity index (χ2v) is 6.80. The second-order valence-electron chi connectivity index (χ2n) is 6.80. The summed E-state index contributed by atoms with van der Waals surface area (Å²) in [6.07, 6.45) is 1.11. The highest BCUT2D eigenvalue weighted by Gasteiger charge is 2.29. The molecule has 0 saturated carbocycles. The van der Waals surface area contributed by atoms with E-state index in [1.54, 1.807) is 12.1 Å². The summed E-state index contributed by atoms with van der Waals surface area (Å²) in [5.41, 5.74) is 0.455. The van der Waals surface area contributed by atoms with Crippen molar-refractivity contribution < 1.29 is 9.53 Å². The molecule has 1 fully saturated rings. The molecule has 2 unspecified atom stereocenters. The fourth-order valence-corrected chi connectivity index (χ4v) is 3.48. The number of carbonyl (C=O) groups excluding carboxylic acids is 1. The fourth-order valence-electron chi connectivity index (χ4n) is 3.48. The number of para-hydroxylation sites is 1. The van der Waals surface area contributed by atoms with E-state index in [1.807, 2.05) is 23.1 Å². The number of piperidine rings is 1. The SMILES string of the molecule is COc1cc(=O)n(-c2ccccc2)nc1C(=O)N1CC(C)CC(C)C1. The third-order valence-corrected chi connectivity index (χ3v) is 4.48. The van der Waals surface area contributed by atoms with Crippen LogP contribution < -0.4 is 10.3 Å². The minimum absolute atomic E-state index is 0.173. The lowest BCUT2D eigenvalue weighted by Crippen LogP contribution is -2.43. The highest BCUT2D eigenvalue weighted by molar-refractivity contribution is 5.94. The van der Waals surface area contributed by atoms with Gasteiger partial charge in [-0.1, -0.05) is 32.0 Å². The molecule has 2 aromatic rings. The number of aromatic nitrogens is 2. The molecule has 0 N–H and O–H groups in total. The Bertz CT molecular complexity index is 806. The van der Waals surface area contributed by atoms with Crippen LogP contribution in [-0.4, -0.2) is 40.8 Å². The Balaban J connectivity index is 2.02. The van der Waals surface area contributed by atoms with Crippen molar-refractivity contribution in [3.63, 3.8) is 0 Å². The third kappa shape index (κ3) is 3.57. The predicted octanol–water partition coefficient (Wildman–Crippen LogP) is 2.36. The van der Waals surface area contributed by atoms with E-state index in [2.05, 4.69) is 18.9 Å². The summed E-state index contributed by atoms with van der Waals surface area (Å²) in [5, 5.41) is 4.33. The number of methoxy groups -OCH3 is 1. The monoisotopic (exact) mass is 341 g/mol. The minimum Gasteiger partial charge on any atom is -0.494 e. The number of amides is 1. The number of carbonyl (C=O) groups is 1. The van der Waals surface area contributed by atoms with Crippen LogP contribution in [0.15, 0.2) is 41.2 Å². The summed E-state index contributed by atoms with van der Waals surface area (Å²) in [5.74, 6) is 0.908. The molecule has 1 aliphatic rings. The lowest BCUT2D eigenvalue weighted by atomic mass is 9.92. The van der Waals surface area contributed by atoms with Crippen LogP contribution in [0.25, 0.3) is 5.69 Å². The zero-order valence-electron chi connectivity index (χ0n) is 14.8. The topological polar surface area (TPSA) is 64.4 Å². The maximum Gasteiger partial charge on any atom is 0.278 e. The van der Waals surface area contributed by atoms with Crippen LogP contribution in [0, 0.1) is 11.8 Å². The van der Waals surface area contributed by atoms with Crippen molar-refractivity contribution in [2.45, 2.75) is 20.3 Å². The molecule has 1 aromatic carbocycles. The van der Waals surface area contributed by atoms with Gasteiger partial charge in [-0.2, -0.15) is 9.78 Å². The number of ether oxygens (including phenoxy) is 1. The number of likely N-dealkylation sites (tertiary alicyclic amines) is 1. The Morgan fingerprint density at radius 1 is 1.16 bits per heavy atom. The van der Waals surface area contributed by atoms with Crippen LogP contribution in [0.5, 0.6) is 5.75 Å². The first-order chi connectivity index (χ1) is 12.0. The van der Waals surface area contributed by atoms with Gasteiger partial charge in [-0.25, -0.2) is 0 Å². The highest BCUT2D eigenvalue weighted by Crippen LogP contribution is 2.24. The van der Waals surface area contributed by atoms with Gasteiger partial charge in [-0.15, -0.1) is 0 Å². The van der Waals surface area contributed by atoms with Crippen LogP contribution in [-0.2, 0) is 0 Å². The van der Waals surface area contributed by atoms with E-state index < -0.39 is 0 Å². The normalized spacial score (nSPS) is 20.4. The molecule has 3 rings (SSSR count). The summed E-state index contributed by atoms with van der Waals surface area (Å²) in [7, 11) is 1.45. The number of hydrogen-bond acceptors (Lipinski definition) is 4. The molecule has 25 heavy (non-hydrogen) atoms. The van der Waals surface area contributed by atoms with Gasteiger partial charge in [0.2, 0.25) is 0 Å². The van der Waals surface area contributed by atoms with E-state index in [0.717, 1.165) is 6.42 Å². The average Bonchev–Trinajstić information content (AvgIpc) is 2.60. The summed E-state index contributed by atoms with van der Waals surface area (Å²) >= 11 is 0. The molecule has 0 radical (unpaired) electrons. The number of nitrogens with zero attached hydrogens (tertiary/aromatic N) is 3. The first-order valence-corrected chi connectivity index (χ1v) is 8.52. The van der Waals surface area contributed by atoms with Crippen LogP contribution in [0.2, 0.25) is 0 Å². The molecule has 1 saturated heterocycles. The first-order valence-electron chi connectivity index (χ1n) is 8.52. The van der Waals surface area contributed by atoms with Crippen LogP contribution in [0.1, 0.15) is 30.8 Å². The summed E-state index contributed by atoms with van der Waals surface area (Å²) in [4.78, 5) is 27.2. The van der Waals surface area contributed by atoms with Crippen molar-refractivity contribution in [3.8, 4) is 11.4 Å². The van der Waals surface area contributed by atoms with Crippen LogP contribution in [0.3, 0.4) is 0 Å². The summed E-state index contributed by atoms with van der Waals surface area (Å²) < 4.78 is 6.50. The fraction of sp³-hybridized carbons (Fsp3) is 0.421. The predicted molar refractivity (Wildman–Crippen MR) is 95.2 cm³/mol. The van der Waals surface area contributed by atoms with Crippen molar-refractivity contribution in [2.75, 3.05) is 20.2 Å². The lowest BCUT2D eigenvalue weighted by molar-refractivity contribution is 0.0611. The molecule has 2 heterocycles. The van der Waals surface area contributed by atoms with Crippen molar-refractivity contribution in [3.05, 3.63) is 52.4 Å². The van der Waals surface area contributed by atoms with Crippen molar-refractivity contribution in [1.82, 2.24) is 14.7 Å². The largest absolute Gasteiger partial charge is 0.494 e. The van der Waals surface area contributed by atoms with Gasteiger partial charge in [0, 0.05) is 13.1 Å². The number of rotatable bonds is 3. The molecule has 0 aliphatic carbocycles. The molecule has 0 bridgehead atoms. The number of hydrogen-bond donors (Lipinski definition) is 0. The second kappa shape index (κ2) is 7.09. The maximum absolute atomic E-state index is 13.0. The van der Waals surface area contributed by atoms with Crippen LogP contribution >= 0.6 is 0 Å². The maximum atomic E-state index is 13.0. The standard InChI is InChI=1S/C19H23N3O3/c1-13-9-14(2)12-21(11-13)19(24)18-16(25-3)10-17(23)22(20-18)15-7-5-4-6-8-15/h4-8,10,13-14H,9,11-12H2,1-3H3. The zero-order chi connectivity index (χ0) is 18.0. The molecular weight excluding hydrogens is 318 g/mol. The summed E-state index contributed by atoms with van der Waals surface area (Å²) in [6, 6.07) is 10.4. The molecule has 0 spiro atoms.